The van der Waals surface area contributed by atoms with Gasteiger partial charge in [0.05, 0.1) is 12.3 Å². The largest absolute Gasteiger partial charge is 0.461 e. The normalized spacial score (nSPS) is 21.8. The lowest BCUT2D eigenvalue weighted by molar-refractivity contribution is 0.0518. The van der Waals surface area contributed by atoms with Crippen molar-refractivity contribution in [3.05, 3.63) is 41.2 Å². The van der Waals surface area contributed by atoms with Crippen molar-refractivity contribution in [2.45, 2.75) is 39.0 Å². The molecule has 1 saturated carbocycles. The number of fused-ring (bicyclic) bond motifs is 1. The third-order valence-electron chi connectivity index (χ3n) is 4.71. The molecule has 1 unspecified atom stereocenters. The Labute approximate surface area is 130 Å². The Morgan fingerprint density at radius 2 is 2.09 bits per heavy atom. The fourth-order valence-electron chi connectivity index (χ4n) is 3.70. The van der Waals surface area contributed by atoms with Gasteiger partial charge in [0, 0.05) is 17.9 Å². The summed E-state index contributed by atoms with van der Waals surface area (Å²) in [5.74, 6) is 0.0467. The standard InChI is InChI=1S/C18H21NO3/c1-3-22-18(21)14-9-8-13-15(19-14)10-11(2)16(17(13)20)12-6-4-5-7-12/h8-9,12,16H,2-7,10H2,1H3. The molecule has 0 amide bonds. The van der Waals surface area contributed by atoms with Crippen molar-refractivity contribution in [2.24, 2.45) is 11.8 Å². The van der Waals surface area contributed by atoms with Crippen molar-refractivity contribution in [2.75, 3.05) is 6.61 Å². The number of hydrogen-bond donors (Lipinski definition) is 0. The van der Waals surface area contributed by atoms with Crippen LogP contribution in [-0.2, 0) is 11.2 Å². The van der Waals surface area contributed by atoms with Crippen molar-refractivity contribution in [1.29, 1.82) is 0 Å². The van der Waals surface area contributed by atoms with E-state index in [0.717, 1.165) is 18.4 Å². The van der Waals surface area contributed by atoms with E-state index >= 15 is 0 Å². The SMILES string of the molecule is C=C1Cc2nc(C(=O)OCC)ccc2C(=O)C1C1CCCC1. The number of rotatable bonds is 3. The lowest BCUT2D eigenvalue weighted by Crippen LogP contribution is -2.31. The fourth-order valence-corrected chi connectivity index (χ4v) is 3.70. The fraction of sp³-hybridized carbons (Fsp3) is 0.500. The van der Waals surface area contributed by atoms with Gasteiger partial charge in [-0.2, -0.15) is 0 Å². The Morgan fingerprint density at radius 3 is 2.77 bits per heavy atom. The first-order valence-electron chi connectivity index (χ1n) is 8.00. The van der Waals surface area contributed by atoms with Crippen LogP contribution < -0.4 is 0 Å². The summed E-state index contributed by atoms with van der Waals surface area (Å²) >= 11 is 0. The maximum atomic E-state index is 12.8. The number of ether oxygens (including phenoxy) is 1. The third-order valence-corrected chi connectivity index (χ3v) is 4.71. The molecule has 1 atom stereocenters. The third kappa shape index (κ3) is 2.58. The number of esters is 1. The average molecular weight is 299 g/mol. The molecule has 1 heterocycles. The molecule has 116 valence electrons. The van der Waals surface area contributed by atoms with Crippen LogP contribution in [0, 0.1) is 11.8 Å². The van der Waals surface area contributed by atoms with Gasteiger partial charge in [0.25, 0.3) is 0 Å². The van der Waals surface area contributed by atoms with E-state index in [1.165, 1.54) is 12.8 Å². The van der Waals surface area contributed by atoms with Crippen molar-refractivity contribution in [3.63, 3.8) is 0 Å². The second-order valence-corrected chi connectivity index (χ2v) is 6.13. The Bertz CT molecular complexity index is 629. The summed E-state index contributed by atoms with van der Waals surface area (Å²) in [6.45, 7) is 6.19. The van der Waals surface area contributed by atoms with Crippen molar-refractivity contribution in [1.82, 2.24) is 4.98 Å². The minimum atomic E-state index is -0.443. The van der Waals surface area contributed by atoms with Gasteiger partial charge < -0.3 is 4.74 Å². The van der Waals surface area contributed by atoms with Crippen LogP contribution in [0.15, 0.2) is 24.3 Å². The summed E-state index contributed by atoms with van der Waals surface area (Å²) in [6.07, 6.45) is 5.21. The molecule has 2 aliphatic rings. The quantitative estimate of drug-likeness (QED) is 0.634. The molecule has 0 bridgehead atoms. The van der Waals surface area contributed by atoms with Crippen LogP contribution in [0.25, 0.3) is 0 Å². The molecule has 4 nitrogen and oxygen atoms in total. The molecule has 2 aliphatic carbocycles. The van der Waals surface area contributed by atoms with Gasteiger partial charge in [-0.1, -0.05) is 25.0 Å². The number of aromatic nitrogens is 1. The highest BCUT2D eigenvalue weighted by atomic mass is 16.5. The van der Waals surface area contributed by atoms with Crippen LogP contribution in [0.5, 0.6) is 0 Å². The Morgan fingerprint density at radius 1 is 1.36 bits per heavy atom. The van der Waals surface area contributed by atoms with Crippen LogP contribution in [0.2, 0.25) is 0 Å². The summed E-state index contributed by atoms with van der Waals surface area (Å²) in [7, 11) is 0. The van der Waals surface area contributed by atoms with Crippen LogP contribution in [0.1, 0.15) is 59.1 Å². The van der Waals surface area contributed by atoms with Gasteiger partial charge in [0.15, 0.2) is 5.78 Å². The van der Waals surface area contributed by atoms with Gasteiger partial charge in [0.2, 0.25) is 0 Å². The summed E-state index contributed by atoms with van der Waals surface area (Å²) < 4.78 is 4.97. The molecule has 1 aromatic rings. The Kier molecular flexibility index (Phi) is 4.10. The van der Waals surface area contributed by atoms with E-state index in [-0.39, 0.29) is 17.4 Å². The minimum Gasteiger partial charge on any atom is -0.461 e. The lowest BCUT2D eigenvalue weighted by Gasteiger charge is -2.29. The van der Waals surface area contributed by atoms with Gasteiger partial charge in [-0.05, 0) is 37.8 Å². The highest BCUT2D eigenvalue weighted by Crippen LogP contribution is 2.40. The molecule has 1 fully saturated rings. The van der Waals surface area contributed by atoms with Crippen LogP contribution in [0.3, 0.4) is 0 Å². The summed E-state index contributed by atoms with van der Waals surface area (Å²) in [6, 6.07) is 3.32. The topological polar surface area (TPSA) is 56.3 Å². The summed E-state index contributed by atoms with van der Waals surface area (Å²) in [5.41, 5.74) is 2.52. The van der Waals surface area contributed by atoms with Crippen molar-refractivity contribution >= 4 is 11.8 Å². The van der Waals surface area contributed by atoms with Gasteiger partial charge in [-0.25, -0.2) is 9.78 Å². The molecule has 0 N–H and O–H groups in total. The number of ketones is 1. The highest BCUT2D eigenvalue weighted by Gasteiger charge is 2.37. The van der Waals surface area contributed by atoms with Gasteiger partial charge in [-0.15, -0.1) is 0 Å². The molecule has 3 rings (SSSR count). The van der Waals surface area contributed by atoms with E-state index in [1.54, 1.807) is 19.1 Å². The first-order chi connectivity index (χ1) is 10.6. The monoisotopic (exact) mass is 299 g/mol. The molecule has 22 heavy (non-hydrogen) atoms. The van der Waals surface area contributed by atoms with Crippen molar-refractivity contribution in [3.8, 4) is 0 Å². The van der Waals surface area contributed by atoms with E-state index in [4.69, 9.17) is 4.74 Å². The molecule has 0 radical (unpaired) electrons. The van der Waals surface area contributed by atoms with Crippen LogP contribution in [0.4, 0.5) is 0 Å². The number of carbonyl (C=O) groups excluding carboxylic acids is 2. The predicted molar refractivity (Wildman–Crippen MR) is 82.8 cm³/mol. The molecule has 0 spiro atoms. The Balaban J connectivity index is 1.90. The second kappa shape index (κ2) is 6.03. The number of hydrogen-bond acceptors (Lipinski definition) is 4. The second-order valence-electron chi connectivity index (χ2n) is 6.13. The zero-order chi connectivity index (χ0) is 15.7. The lowest BCUT2D eigenvalue weighted by atomic mass is 9.74. The summed E-state index contributed by atoms with van der Waals surface area (Å²) in [5, 5.41) is 0. The smallest absolute Gasteiger partial charge is 0.356 e. The van der Waals surface area contributed by atoms with E-state index in [0.29, 0.717) is 30.2 Å². The Hall–Kier alpha value is -1.97. The van der Waals surface area contributed by atoms with E-state index < -0.39 is 5.97 Å². The van der Waals surface area contributed by atoms with Crippen LogP contribution in [-0.4, -0.2) is 23.3 Å². The molecule has 0 aliphatic heterocycles. The van der Waals surface area contributed by atoms with Gasteiger partial charge in [-0.3, -0.25) is 4.79 Å². The maximum Gasteiger partial charge on any atom is 0.356 e. The van der Waals surface area contributed by atoms with Gasteiger partial charge >= 0.3 is 5.97 Å². The molecular weight excluding hydrogens is 278 g/mol. The number of allylic oxidation sites excluding steroid dienone is 1. The van der Waals surface area contributed by atoms with Crippen molar-refractivity contribution < 1.29 is 14.3 Å². The van der Waals surface area contributed by atoms with E-state index in [1.807, 2.05) is 0 Å². The zero-order valence-electron chi connectivity index (χ0n) is 12.9. The van der Waals surface area contributed by atoms with E-state index in [2.05, 4.69) is 11.6 Å². The first kappa shape index (κ1) is 14.9. The van der Waals surface area contributed by atoms with Gasteiger partial charge in [0.1, 0.15) is 5.69 Å². The highest BCUT2D eigenvalue weighted by molar-refractivity contribution is 6.02. The molecule has 1 aromatic heterocycles. The molecule has 0 saturated heterocycles. The number of Topliss-reactive ketones (excluding diaryl/α,β-unsaturated/α-hetero) is 1. The van der Waals surface area contributed by atoms with Crippen LogP contribution >= 0.6 is 0 Å². The first-order valence-corrected chi connectivity index (χ1v) is 8.00. The predicted octanol–water partition coefficient (Wildman–Crippen LogP) is 3.36. The maximum absolute atomic E-state index is 12.8. The molecule has 0 aromatic carbocycles. The minimum absolute atomic E-state index is 0.0646. The summed E-state index contributed by atoms with van der Waals surface area (Å²) in [4.78, 5) is 28.9. The average Bonchev–Trinajstić information content (AvgIpc) is 3.01. The number of pyridine rings is 1. The zero-order valence-corrected chi connectivity index (χ0v) is 12.9. The molecular formula is C18H21NO3. The van der Waals surface area contributed by atoms with E-state index in [9.17, 15) is 9.59 Å². The molecule has 4 heteroatoms. The number of nitrogens with zero attached hydrogens (tertiary/aromatic N) is 1. The number of carbonyl (C=O) groups is 2.